The van der Waals surface area contributed by atoms with Gasteiger partial charge in [-0.15, -0.1) is 0 Å². The van der Waals surface area contributed by atoms with E-state index < -0.39 is 0 Å². The minimum absolute atomic E-state index is 0.0257. The molecule has 1 aromatic heterocycles. The summed E-state index contributed by atoms with van der Waals surface area (Å²) in [6.07, 6.45) is 0. The Kier molecular flexibility index (Phi) is 5.52. The van der Waals surface area contributed by atoms with Crippen LogP contribution in [0.4, 0.5) is 4.79 Å². The van der Waals surface area contributed by atoms with Gasteiger partial charge in [-0.2, -0.15) is 0 Å². The van der Waals surface area contributed by atoms with E-state index in [2.05, 4.69) is 22.1 Å². The number of carbonyl (C=O) groups is 1. The summed E-state index contributed by atoms with van der Waals surface area (Å²) in [7, 11) is 1.59. The van der Waals surface area contributed by atoms with Crippen LogP contribution in [-0.4, -0.2) is 73.4 Å². The highest BCUT2D eigenvalue weighted by molar-refractivity contribution is 5.74. The second-order valence-corrected chi connectivity index (χ2v) is 6.43. The number of morpholine rings is 1. The topological polar surface area (TPSA) is 66.9 Å². The zero-order valence-electron chi connectivity index (χ0n) is 14.4. The van der Waals surface area contributed by atoms with Crippen molar-refractivity contribution < 1.29 is 14.3 Å². The van der Waals surface area contributed by atoms with Crippen LogP contribution in [0.15, 0.2) is 18.2 Å². The summed E-state index contributed by atoms with van der Waals surface area (Å²) >= 11 is 0. The predicted octanol–water partition coefficient (Wildman–Crippen LogP) is 0.952. The lowest BCUT2D eigenvalue weighted by Crippen LogP contribution is -2.47. The molecule has 2 saturated heterocycles. The molecule has 0 aliphatic carbocycles. The van der Waals surface area contributed by atoms with Crippen molar-refractivity contribution in [3.05, 3.63) is 23.9 Å². The maximum atomic E-state index is 12.5. The average Bonchev–Trinajstić information content (AvgIpc) is 3.02. The molecular weight excluding hydrogens is 308 g/mol. The molecule has 0 radical (unpaired) electrons. The van der Waals surface area contributed by atoms with E-state index in [4.69, 9.17) is 9.47 Å². The van der Waals surface area contributed by atoms with E-state index in [1.165, 1.54) is 0 Å². The van der Waals surface area contributed by atoms with Gasteiger partial charge in [-0.25, -0.2) is 9.78 Å². The SMILES string of the molecule is COc1cccc(CNC(=O)N2C[C@@H](N3CCOCC3)[C@@H](C)C2)n1. The van der Waals surface area contributed by atoms with Gasteiger partial charge in [0.2, 0.25) is 5.88 Å². The van der Waals surface area contributed by atoms with E-state index in [-0.39, 0.29) is 6.03 Å². The molecule has 2 amide bonds. The monoisotopic (exact) mass is 334 g/mol. The highest BCUT2D eigenvalue weighted by atomic mass is 16.5. The van der Waals surface area contributed by atoms with Gasteiger partial charge >= 0.3 is 6.03 Å². The van der Waals surface area contributed by atoms with Crippen molar-refractivity contribution in [1.82, 2.24) is 20.1 Å². The van der Waals surface area contributed by atoms with E-state index in [1.807, 2.05) is 17.0 Å². The van der Waals surface area contributed by atoms with Gasteiger partial charge in [-0.1, -0.05) is 13.0 Å². The van der Waals surface area contributed by atoms with Gasteiger partial charge in [-0.05, 0) is 12.0 Å². The molecule has 2 fully saturated rings. The molecule has 0 unspecified atom stereocenters. The summed E-state index contributed by atoms with van der Waals surface area (Å²) in [4.78, 5) is 21.1. The predicted molar refractivity (Wildman–Crippen MR) is 89.9 cm³/mol. The van der Waals surface area contributed by atoms with E-state index in [1.54, 1.807) is 13.2 Å². The number of carbonyl (C=O) groups excluding carboxylic acids is 1. The summed E-state index contributed by atoms with van der Waals surface area (Å²) in [5.74, 6) is 1.03. The second kappa shape index (κ2) is 7.81. The molecule has 1 N–H and O–H groups in total. The number of nitrogens with zero attached hydrogens (tertiary/aromatic N) is 3. The van der Waals surface area contributed by atoms with Crippen molar-refractivity contribution in [1.29, 1.82) is 0 Å². The molecule has 132 valence electrons. The zero-order chi connectivity index (χ0) is 16.9. The molecule has 0 spiro atoms. The Bertz CT molecular complexity index is 563. The number of ether oxygens (including phenoxy) is 2. The quantitative estimate of drug-likeness (QED) is 0.888. The molecule has 24 heavy (non-hydrogen) atoms. The number of urea groups is 1. The van der Waals surface area contributed by atoms with Crippen LogP contribution in [-0.2, 0) is 11.3 Å². The fourth-order valence-corrected chi connectivity index (χ4v) is 3.45. The summed E-state index contributed by atoms with van der Waals surface area (Å²) < 4.78 is 10.5. The Morgan fingerprint density at radius 2 is 2.17 bits per heavy atom. The summed E-state index contributed by atoms with van der Waals surface area (Å²) in [5, 5.41) is 2.96. The fourth-order valence-electron chi connectivity index (χ4n) is 3.45. The molecule has 2 atom stereocenters. The first-order valence-electron chi connectivity index (χ1n) is 8.52. The average molecular weight is 334 g/mol. The van der Waals surface area contributed by atoms with E-state index in [0.29, 0.717) is 24.4 Å². The van der Waals surface area contributed by atoms with Crippen LogP contribution in [0.5, 0.6) is 5.88 Å². The Hall–Kier alpha value is -1.86. The Balaban J connectivity index is 1.51. The highest BCUT2D eigenvalue weighted by Gasteiger charge is 2.36. The first-order chi connectivity index (χ1) is 11.7. The largest absolute Gasteiger partial charge is 0.481 e. The van der Waals surface area contributed by atoms with Crippen molar-refractivity contribution in [3.8, 4) is 5.88 Å². The lowest BCUT2D eigenvalue weighted by Gasteiger charge is -2.33. The first kappa shape index (κ1) is 17.0. The minimum atomic E-state index is -0.0257. The second-order valence-electron chi connectivity index (χ2n) is 6.43. The van der Waals surface area contributed by atoms with Crippen LogP contribution >= 0.6 is 0 Å². The smallest absolute Gasteiger partial charge is 0.317 e. The summed E-state index contributed by atoms with van der Waals surface area (Å²) in [6.45, 7) is 7.68. The fraction of sp³-hybridized carbons (Fsp3) is 0.647. The molecular formula is C17H26N4O3. The zero-order valence-corrected chi connectivity index (χ0v) is 14.4. The Morgan fingerprint density at radius 3 is 2.92 bits per heavy atom. The van der Waals surface area contributed by atoms with Crippen molar-refractivity contribution in [2.75, 3.05) is 46.5 Å². The summed E-state index contributed by atoms with van der Waals surface area (Å²) in [6, 6.07) is 5.95. The van der Waals surface area contributed by atoms with Gasteiger partial charge in [0.15, 0.2) is 0 Å². The number of likely N-dealkylation sites (tertiary alicyclic amines) is 1. The van der Waals surface area contributed by atoms with Crippen LogP contribution in [0, 0.1) is 5.92 Å². The van der Waals surface area contributed by atoms with Gasteiger partial charge in [0, 0.05) is 38.3 Å². The van der Waals surface area contributed by atoms with Crippen LogP contribution in [0.2, 0.25) is 0 Å². The minimum Gasteiger partial charge on any atom is -0.481 e. The van der Waals surface area contributed by atoms with Crippen molar-refractivity contribution in [3.63, 3.8) is 0 Å². The maximum Gasteiger partial charge on any atom is 0.317 e. The van der Waals surface area contributed by atoms with Crippen LogP contribution in [0.25, 0.3) is 0 Å². The number of hydrogen-bond acceptors (Lipinski definition) is 5. The molecule has 0 saturated carbocycles. The first-order valence-corrected chi connectivity index (χ1v) is 8.52. The highest BCUT2D eigenvalue weighted by Crippen LogP contribution is 2.22. The van der Waals surface area contributed by atoms with Crippen LogP contribution in [0.1, 0.15) is 12.6 Å². The van der Waals surface area contributed by atoms with Gasteiger partial charge in [0.05, 0.1) is 32.6 Å². The van der Waals surface area contributed by atoms with Gasteiger partial charge in [0.1, 0.15) is 0 Å². The maximum absolute atomic E-state index is 12.5. The van der Waals surface area contributed by atoms with E-state index in [9.17, 15) is 4.79 Å². The number of amides is 2. The number of methoxy groups -OCH3 is 1. The van der Waals surface area contributed by atoms with Crippen molar-refractivity contribution in [2.45, 2.75) is 19.5 Å². The molecule has 7 heteroatoms. The molecule has 2 aliphatic rings. The number of nitrogens with one attached hydrogen (secondary N) is 1. The molecule has 2 aliphatic heterocycles. The standard InChI is InChI=1S/C17H26N4O3/c1-13-11-21(12-15(13)20-6-8-24-9-7-20)17(22)18-10-14-4-3-5-16(19-14)23-2/h3-5,13,15H,6-12H2,1-2H3,(H,18,22)/t13-,15+/m0/s1. The lowest BCUT2D eigenvalue weighted by atomic mass is 10.0. The molecule has 0 bridgehead atoms. The number of aromatic nitrogens is 1. The number of rotatable bonds is 4. The van der Waals surface area contributed by atoms with E-state index in [0.717, 1.165) is 45.1 Å². The van der Waals surface area contributed by atoms with E-state index >= 15 is 0 Å². The van der Waals surface area contributed by atoms with Gasteiger partial charge in [0.25, 0.3) is 0 Å². The van der Waals surface area contributed by atoms with Crippen LogP contribution in [0.3, 0.4) is 0 Å². The lowest BCUT2D eigenvalue weighted by molar-refractivity contribution is 0.0123. The third-order valence-corrected chi connectivity index (χ3v) is 4.79. The van der Waals surface area contributed by atoms with Crippen LogP contribution < -0.4 is 10.1 Å². The number of pyridine rings is 1. The Morgan fingerprint density at radius 1 is 1.38 bits per heavy atom. The molecule has 1 aromatic rings. The molecule has 0 aromatic carbocycles. The van der Waals surface area contributed by atoms with Gasteiger partial charge in [-0.3, -0.25) is 4.90 Å². The van der Waals surface area contributed by atoms with Gasteiger partial charge < -0.3 is 19.7 Å². The molecule has 3 rings (SSSR count). The van der Waals surface area contributed by atoms with Crippen molar-refractivity contribution in [2.24, 2.45) is 5.92 Å². The normalized spacial score (nSPS) is 24.8. The Labute approximate surface area is 142 Å². The molecule has 3 heterocycles. The third-order valence-electron chi connectivity index (χ3n) is 4.79. The van der Waals surface area contributed by atoms with Crippen molar-refractivity contribution >= 4 is 6.03 Å². The third kappa shape index (κ3) is 3.96. The summed E-state index contributed by atoms with van der Waals surface area (Å²) in [5.41, 5.74) is 0.791. The molecule has 7 nitrogen and oxygen atoms in total. The number of hydrogen-bond donors (Lipinski definition) is 1.